The summed E-state index contributed by atoms with van der Waals surface area (Å²) in [6, 6.07) is 6.73. The van der Waals surface area contributed by atoms with E-state index >= 15 is 0 Å². The van der Waals surface area contributed by atoms with Crippen molar-refractivity contribution in [1.29, 1.82) is 0 Å². The third-order valence-corrected chi connectivity index (χ3v) is 2.84. The Labute approximate surface area is 129 Å². The molecule has 1 aromatic rings. The van der Waals surface area contributed by atoms with E-state index in [2.05, 4.69) is 21.9 Å². The summed E-state index contributed by atoms with van der Waals surface area (Å²) in [5.41, 5.74) is 0.639. The van der Waals surface area contributed by atoms with Crippen LogP contribution in [0.2, 0.25) is 0 Å². The van der Waals surface area contributed by atoms with Crippen molar-refractivity contribution in [2.24, 2.45) is 4.99 Å². The van der Waals surface area contributed by atoms with Gasteiger partial charge in [0.15, 0.2) is 5.96 Å². The van der Waals surface area contributed by atoms with Crippen LogP contribution < -0.4 is 10.6 Å². The average molecular weight is 383 g/mol. The van der Waals surface area contributed by atoms with Crippen LogP contribution in [0, 0.1) is 5.82 Å². The fourth-order valence-corrected chi connectivity index (χ4v) is 1.62. The zero-order valence-electron chi connectivity index (χ0n) is 10.6. The fourth-order valence-electron chi connectivity index (χ4n) is 1.31. The second-order valence-corrected chi connectivity index (χ2v) is 4.42. The van der Waals surface area contributed by atoms with Crippen LogP contribution in [-0.2, 0) is 6.54 Å². The highest BCUT2D eigenvalue weighted by Gasteiger charge is 2.01. The standard InChI is InChI=1S/C12H18FN3S.HI/c1-14-12(15-7-8-17-2)16-9-10-5-3-4-6-11(10)13;/h3-6H,7-9H2,1-2H3,(H2,14,15,16);1H. The topological polar surface area (TPSA) is 36.4 Å². The maximum atomic E-state index is 13.3. The number of guanidine groups is 1. The van der Waals surface area contributed by atoms with Crippen molar-refractivity contribution >= 4 is 41.7 Å². The molecule has 0 aliphatic carbocycles. The molecule has 0 aromatic heterocycles. The third-order valence-electron chi connectivity index (χ3n) is 2.23. The second kappa shape index (κ2) is 10.4. The van der Waals surface area contributed by atoms with Gasteiger partial charge in [0.05, 0.1) is 0 Å². The van der Waals surface area contributed by atoms with Gasteiger partial charge in [0.1, 0.15) is 5.82 Å². The first-order valence-corrected chi connectivity index (χ1v) is 6.84. The molecule has 1 rings (SSSR count). The molecule has 0 amide bonds. The van der Waals surface area contributed by atoms with Gasteiger partial charge in [0, 0.05) is 31.5 Å². The van der Waals surface area contributed by atoms with Gasteiger partial charge < -0.3 is 10.6 Å². The molecule has 0 radical (unpaired) electrons. The minimum atomic E-state index is -0.195. The quantitative estimate of drug-likeness (QED) is 0.355. The molecule has 6 heteroatoms. The SMILES string of the molecule is CN=C(NCCSC)NCc1ccccc1F.I. The zero-order valence-corrected chi connectivity index (χ0v) is 13.7. The predicted molar refractivity (Wildman–Crippen MR) is 88.4 cm³/mol. The maximum absolute atomic E-state index is 13.3. The molecule has 3 nitrogen and oxygen atoms in total. The van der Waals surface area contributed by atoms with Crippen LogP contribution in [0.3, 0.4) is 0 Å². The van der Waals surface area contributed by atoms with Crippen LogP contribution in [0.1, 0.15) is 5.56 Å². The van der Waals surface area contributed by atoms with Gasteiger partial charge in [0.25, 0.3) is 0 Å². The normalized spacial score (nSPS) is 10.7. The highest BCUT2D eigenvalue weighted by Crippen LogP contribution is 2.05. The van der Waals surface area contributed by atoms with Crippen LogP contribution in [0.4, 0.5) is 4.39 Å². The van der Waals surface area contributed by atoms with Gasteiger partial charge in [-0.2, -0.15) is 11.8 Å². The van der Waals surface area contributed by atoms with Crippen molar-refractivity contribution in [3.63, 3.8) is 0 Å². The molecule has 0 fully saturated rings. The number of thioether (sulfide) groups is 1. The van der Waals surface area contributed by atoms with E-state index in [0.29, 0.717) is 18.1 Å². The van der Waals surface area contributed by atoms with Gasteiger partial charge in [-0.05, 0) is 12.3 Å². The molecule has 0 aliphatic heterocycles. The van der Waals surface area contributed by atoms with Gasteiger partial charge in [-0.1, -0.05) is 18.2 Å². The second-order valence-electron chi connectivity index (χ2n) is 3.44. The minimum absolute atomic E-state index is 0. The molecule has 0 heterocycles. The number of rotatable bonds is 5. The van der Waals surface area contributed by atoms with Crippen LogP contribution in [-0.4, -0.2) is 31.6 Å². The number of halogens is 2. The molecule has 1 aromatic carbocycles. The molecular formula is C12H19FIN3S. The smallest absolute Gasteiger partial charge is 0.191 e. The molecule has 0 bridgehead atoms. The Bertz CT molecular complexity index is 374. The summed E-state index contributed by atoms with van der Waals surface area (Å²) in [6.45, 7) is 1.28. The van der Waals surface area contributed by atoms with E-state index in [0.717, 1.165) is 12.3 Å². The van der Waals surface area contributed by atoms with E-state index in [9.17, 15) is 4.39 Å². The van der Waals surface area contributed by atoms with Gasteiger partial charge >= 0.3 is 0 Å². The Balaban J connectivity index is 0.00000289. The highest BCUT2D eigenvalue weighted by molar-refractivity contribution is 14.0. The minimum Gasteiger partial charge on any atom is -0.356 e. The lowest BCUT2D eigenvalue weighted by atomic mass is 10.2. The van der Waals surface area contributed by atoms with Crippen molar-refractivity contribution in [2.75, 3.05) is 25.6 Å². The molecule has 102 valence electrons. The lowest BCUT2D eigenvalue weighted by Gasteiger charge is -2.11. The summed E-state index contributed by atoms with van der Waals surface area (Å²) in [6.07, 6.45) is 2.05. The number of hydrogen-bond donors (Lipinski definition) is 2. The van der Waals surface area contributed by atoms with Gasteiger partial charge in [-0.15, -0.1) is 24.0 Å². The summed E-state index contributed by atoms with van der Waals surface area (Å²) in [4.78, 5) is 4.07. The fraction of sp³-hybridized carbons (Fsp3) is 0.417. The number of nitrogens with one attached hydrogen (secondary N) is 2. The predicted octanol–water partition coefficient (Wildman–Crippen LogP) is 2.47. The first kappa shape index (κ1) is 17.5. The Morgan fingerprint density at radius 3 is 2.67 bits per heavy atom. The van der Waals surface area contributed by atoms with Crippen molar-refractivity contribution in [1.82, 2.24) is 10.6 Å². The summed E-state index contributed by atoms with van der Waals surface area (Å²) in [5, 5.41) is 6.23. The first-order chi connectivity index (χ1) is 8.27. The van der Waals surface area contributed by atoms with E-state index in [1.54, 1.807) is 30.9 Å². The van der Waals surface area contributed by atoms with Crippen LogP contribution >= 0.6 is 35.7 Å². The molecule has 0 spiro atoms. The van der Waals surface area contributed by atoms with Crippen LogP contribution in [0.25, 0.3) is 0 Å². The molecule has 2 N–H and O–H groups in total. The van der Waals surface area contributed by atoms with E-state index in [1.807, 2.05) is 6.07 Å². The number of hydrogen-bond acceptors (Lipinski definition) is 2. The van der Waals surface area contributed by atoms with Gasteiger partial charge in [-0.3, -0.25) is 4.99 Å². The van der Waals surface area contributed by atoms with Crippen LogP contribution in [0.15, 0.2) is 29.3 Å². The van der Waals surface area contributed by atoms with E-state index < -0.39 is 0 Å². The lowest BCUT2D eigenvalue weighted by molar-refractivity contribution is 0.605. The zero-order chi connectivity index (χ0) is 12.5. The number of nitrogens with zero attached hydrogens (tertiary/aromatic N) is 1. The van der Waals surface area contributed by atoms with Crippen molar-refractivity contribution < 1.29 is 4.39 Å². The van der Waals surface area contributed by atoms with E-state index in [-0.39, 0.29) is 29.8 Å². The van der Waals surface area contributed by atoms with Gasteiger partial charge in [0.2, 0.25) is 0 Å². The van der Waals surface area contributed by atoms with E-state index in [1.165, 1.54) is 6.07 Å². The maximum Gasteiger partial charge on any atom is 0.191 e. The van der Waals surface area contributed by atoms with Gasteiger partial charge in [-0.25, -0.2) is 4.39 Å². The summed E-state index contributed by atoms with van der Waals surface area (Å²) >= 11 is 1.77. The van der Waals surface area contributed by atoms with Crippen molar-refractivity contribution in [2.45, 2.75) is 6.54 Å². The summed E-state index contributed by atoms with van der Waals surface area (Å²) < 4.78 is 13.3. The Hall–Kier alpha value is -0.500. The Kier molecular flexibility index (Phi) is 10.1. The monoisotopic (exact) mass is 383 g/mol. The average Bonchev–Trinajstić information content (AvgIpc) is 2.35. The molecule has 0 saturated heterocycles. The Morgan fingerprint density at radius 2 is 2.06 bits per heavy atom. The number of benzene rings is 1. The lowest BCUT2D eigenvalue weighted by Crippen LogP contribution is -2.38. The summed E-state index contributed by atoms with van der Waals surface area (Å²) in [5.74, 6) is 1.52. The largest absolute Gasteiger partial charge is 0.356 e. The molecule has 0 aliphatic rings. The molecule has 0 saturated carbocycles. The summed E-state index contributed by atoms with van der Waals surface area (Å²) in [7, 11) is 1.70. The molecule has 0 unspecified atom stereocenters. The third kappa shape index (κ3) is 6.44. The molecular weight excluding hydrogens is 364 g/mol. The highest BCUT2D eigenvalue weighted by atomic mass is 127. The van der Waals surface area contributed by atoms with Crippen LogP contribution in [0.5, 0.6) is 0 Å². The molecule has 18 heavy (non-hydrogen) atoms. The molecule has 0 atom stereocenters. The first-order valence-electron chi connectivity index (χ1n) is 5.44. The van der Waals surface area contributed by atoms with Crippen molar-refractivity contribution in [3.05, 3.63) is 35.6 Å². The van der Waals surface area contributed by atoms with Crippen molar-refractivity contribution in [3.8, 4) is 0 Å². The Morgan fingerprint density at radius 1 is 1.33 bits per heavy atom. The van der Waals surface area contributed by atoms with E-state index in [4.69, 9.17) is 0 Å². The number of aliphatic imine (C=N–C) groups is 1.